The summed E-state index contributed by atoms with van der Waals surface area (Å²) >= 11 is 0. The first-order chi connectivity index (χ1) is 23.5. The van der Waals surface area contributed by atoms with Crippen molar-refractivity contribution in [3.63, 3.8) is 0 Å². The minimum Gasteiger partial charge on any atom is -0.497 e. The second-order valence-electron chi connectivity index (χ2n) is 15.2. The van der Waals surface area contributed by atoms with E-state index in [1.54, 1.807) is 14.2 Å². The fraction of sp³-hybridized carbons (Fsp3) is 0.234. The molecule has 2 nitrogen and oxygen atoms in total. The fourth-order valence-corrected chi connectivity index (χ4v) is 7.49. The van der Waals surface area contributed by atoms with Gasteiger partial charge in [-0.3, -0.25) is 0 Å². The van der Waals surface area contributed by atoms with Crippen LogP contribution in [0, 0.1) is 0 Å². The summed E-state index contributed by atoms with van der Waals surface area (Å²) in [7, 11) is 3.43. The highest BCUT2D eigenvalue weighted by Gasteiger charge is 2.31. The zero-order valence-corrected chi connectivity index (χ0v) is 30.0. The summed E-state index contributed by atoms with van der Waals surface area (Å²) in [6.45, 7) is 13.9. The van der Waals surface area contributed by atoms with Crippen molar-refractivity contribution in [3.05, 3.63) is 165 Å². The number of ether oxygens (including phenoxy) is 2. The topological polar surface area (TPSA) is 18.5 Å². The van der Waals surface area contributed by atoms with Gasteiger partial charge in [-0.1, -0.05) is 126 Å². The van der Waals surface area contributed by atoms with Crippen LogP contribution in [0.2, 0.25) is 0 Å². The van der Waals surface area contributed by atoms with Crippen LogP contribution in [0.25, 0.3) is 33.9 Å². The maximum atomic E-state index is 5.98. The van der Waals surface area contributed by atoms with E-state index in [2.05, 4.69) is 151 Å². The van der Waals surface area contributed by atoms with Crippen LogP contribution in [-0.2, 0) is 10.8 Å². The van der Waals surface area contributed by atoms with Gasteiger partial charge in [-0.25, -0.2) is 0 Å². The average Bonchev–Trinajstić information content (AvgIpc) is 3.72. The molecule has 2 heteroatoms. The van der Waals surface area contributed by atoms with Crippen molar-refractivity contribution in [2.24, 2.45) is 0 Å². The standard InChI is InChI=1S/C47H45O2/c1-46(2,3)33-22-24-35-32(26-33)27-40-39(35)29-41(43(30-16-11-9-12-17-30)31-18-13-10-14-19-31)45(47(4,5)6)44(40)38-21-15-20-36(38)37-25-23-34(48-7)28-42(37)49-8/h9-20,22-26,28-29H,21H2,1-8H3. The van der Waals surface area contributed by atoms with Crippen molar-refractivity contribution in [2.45, 2.75) is 58.8 Å². The predicted octanol–water partition coefficient (Wildman–Crippen LogP) is 10.1. The van der Waals surface area contributed by atoms with Crippen molar-refractivity contribution >= 4 is 22.8 Å². The molecule has 0 saturated heterocycles. The van der Waals surface area contributed by atoms with Crippen molar-refractivity contribution in [2.75, 3.05) is 14.2 Å². The van der Waals surface area contributed by atoms with Gasteiger partial charge in [-0.15, -0.1) is 0 Å². The predicted molar refractivity (Wildman–Crippen MR) is 206 cm³/mol. The Balaban J connectivity index is 1.69. The van der Waals surface area contributed by atoms with E-state index in [4.69, 9.17) is 9.47 Å². The van der Waals surface area contributed by atoms with Crippen molar-refractivity contribution in [3.8, 4) is 22.6 Å². The van der Waals surface area contributed by atoms with Gasteiger partial charge in [-0.05, 0) is 119 Å². The Bertz CT molecular complexity index is 2210. The number of rotatable bonds is 6. The fourth-order valence-electron chi connectivity index (χ4n) is 7.49. The number of hydrogen-bond donors (Lipinski definition) is 0. The molecule has 0 fully saturated rings. The highest BCUT2D eigenvalue weighted by Crippen LogP contribution is 2.43. The number of benzene rings is 5. The molecule has 0 amide bonds. The molecule has 0 aliphatic heterocycles. The molecule has 0 saturated carbocycles. The minimum atomic E-state index is -0.202. The average molecular weight is 642 g/mol. The quantitative estimate of drug-likeness (QED) is 0.180. The Labute approximate surface area is 291 Å². The highest BCUT2D eigenvalue weighted by atomic mass is 16.5. The molecule has 0 atom stereocenters. The molecule has 245 valence electrons. The van der Waals surface area contributed by atoms with Crippen LogP contribution in [0.1, 0.15) is 86.9 Å². The molecular formula is C47H45O2. The molecule has 49 heavy (non-hydrogen) atoms. The van der Waals surface area contributed by atoms with Gasteiger partial charge in [0.15, 0.2) is 0 Å². The van der Waals surface area contributed by atoms with Gasteiger partial charge in [0.2, 0.25) is 0 Å². The van der Waals surface area contributed by atoms with E-state index < -0.39 is 0 Å². The first-order valence-electron chi connectivity index (χ1n) is 17.2. The van der Waals surface area contributed by atoms with Crippen LogP contribution < -0.4 is 19.9 Å². The number of hydrogen-bond acceptors (Lipinski definition) is 2. The van der Waals surface area contributed by atoms with E-state index >= 15 is 0 Å². The molecule has 7 rings (SSSR count). The lowest BCUT2D eigenvalue weighted by atomic mass is 9.75. The van der Waals surface area contributed by atoms with Crippen LogP contribution in [0.15, 0.2) is 115 Å². The lowest BCUT2D eigenvalue weighted by molar-refractivity contribution is 0.393. The number of methoxy groups -OCH3 is 2. The summed E-state index contributed by atoms with van der Waals surface area (Å²) in [5, 5.41) is 2.44. The Morgan fingerprint density at radius 1 is 0.653 bits per heavy atom. The molecule has 2 aliphatic rings. The van der Waals surface area contributed by atoms with E-state index in [0.717, 1.165) is 29.0 Å². The third-order valence-electron chi connectivity index (χ3n) is 9.84. The molecule has 1 radical (unpaired) electrons. The Hall–Kier alpha value is -5.08. The van der Waals surface area contributed by atoms with E-state index in [1.165, 1.54) is 66.1 Å². The lowest BCUT2D eigenvalue weighted by Crippen LogP contribution is -2.32. The van der Waals surface area contributed by atoms with E-state index in [0.29, 0.717) is 0 Å². The monoisotopic (exact) mass is 641 g/mol. The number of fused-ring (bicyclic) bond motifs is 3. The molecule has 0 N–H and O–H groups in total. The maximum Gasteiger partial charge on any atom is 0.130 e. The molecule has 2 aliphatic carbocycles. The first kappa shape index (κ1) is 32.5. The van der Waals surface area contributed by atoms with Gasteiger partial charge in [0, 0.05) is 11.6 Å². The van der Waals surface area contributed by atoms with Crippen LogP contribution in [0.5, 0.6) is 11.5 Å². The summed E-state index contributed by atoms with van der Waals surface area (Å²) in [6.07, 6.45) is 9.37. The summed E-state index contributed by atoms with van der Waals surface area (Å²) in [4.78, 5) is 0. The highest BCUT2D eigenvalue weighted by molar-refractivity contribution is 6.03. The van der Waals surface area contributed by atoms with E-state index in [9.17, 15) is 0 Å². The van der Waals surface area contributed by atoms with Crippen LogP contribution in [-0.4, -0.2) is 14.2 Å². The second kappa shape index (κ2) is 12.4. The summed E-state index contributed by atoms with van der Waals surface area (Å²) in [5.41, 5.74) is 14.6. The molecule has 0 unspecified atom stereocenters. The third-order valence-corrected chi connectivity index (χ3v) is 9.84. The van der Waals surface area contributed by atoms with Crippen LogP contribution >= 0.6 is 0 Å². The maximum absolute atomic E-state index is 5.98. The summed E-state index contributed by atoms with van der Waals surface area (Å²) in [5.74, 6) is 1.58. The van der Waals surface area contributed by atoms with Crippen LogP contribution in [0.3, 0.4) is 0 Å². The Morgan fingerprint density at radius 2 is 1.31 bits per heavy atom. The second-order valence-corrected chi connectivity index (χ2v) is 15.2. The van der Waals surface area contributed by atoms with Crippen molar-refractivity contribution < 1.29 is 9.47 Å². The van der Waals surface area contributed by atoms with Gasteiger partial charge in [0.25, 0.3) is 0 Å². The molecule has 0 aromatic heterocycles. The van der Waals surface area contributed by atoms with Gasteiger partial charge in [-0.2, -0.15) is 0 Å². The SMILES string of the molecule is COc1ccc(C2=C(c3c(C(C)(C)C)c(=C(c4ccccc4)c4ccccc4)cc4c3=[C]c3cc(C(C)(C)C)ccc3-4)CC=C2)c(OC)c1. The van der Waals surface area contributed by atoms with Crippen molar-refractivity contribution in [1.82, 2.24) is 0 Å². The molecule has 5 aromatic rings. The van der Waals surface area contributed by atoms with Gasteiger partial charge >= 0.3 is 0 Å². The van der Waals surface area contributed by atoms with Gasteiger partial charge < -0.3 is 9.47 Å². The summed E-state index contributed by atoms with van der Waals surface area (Å²) < 4.78 is 11.6. The minimum absolute atomic E-state index is 0.0353. The Kier molecular flexibility index (Phi) is 8.23. The molecular weight excluding hydrogens is 597 g/mol. The molecule has 0 heterocycles. The lowest BCUT2D eigenvalue weighted by Gasteiger charge is -2.28. The van der Waals surface area contributed by atoms with Gasteiger partial charge in [0.05, 0.1) is 14.2 Å². The third kappa shape index (κ3) is 5.84. The van der Waals surface area contributed by atoms with E-state index in [1.807, 2.05) is 12.1 Å². The van der Waals surface area contributed by atoms with Crippen molar-refractivity contribution in [1.29, 1.82) is 0 Å². The number of allylic oxidation sites excluding steroid dienone is 4. The van der Waals surface area contributed by atoms with Crippen LogP contribution in [0.4, 0.5) is 0 Å². The first-order valence-corrected chi connectivity index (χ1v) is 17.2. The summed E-state index contributed by atoms with van der Waals surface area (Å²) in [6, 6.07) is 37.3. The zero-order chi connectivity index (χ0) is 34.5. The zero-order valence-electron chi connectivity index (χ0n) is 30.0. The molecule has 0 bridgehead atoms. The Morgan fingerprint density at radius 3 is 1.90 bits per heavy atom. The largest absolute Gasteiger partial charge is 0.497 e. The molecule has 5 aromatic carbocycles. The van der Waals surface area contributed by atoms with Gasteiger partial charge in [0.1, 0.15) is 11.5 Å². The smallest absolute Gasteiger partial charge is 0.130 e. The molecule has 0 spiro atoms. The normalized spacial score (nSPS) is 13.6. The van der Waals surface area contributed by atoms with E-state index in [-0.39, 0.29) is 10.8 Å².